The van der Waals surface area contributed by atoms with Crippen LogP contribution in [-0.4, -0.2) is 10.9 Å². The monoisotopic (exact) mass is 403 g/mol. The highest BCUT2D eigenvalue weighted by atomic mass is 32.1. The number of thiazole rings is 1. The van der Waals surface area contributed by atoms with Crippen LogP contribution in [0.15, 0.2) is 97.3 Å². The van der Waals surface area contributed by atoms with Gasteiger partial charge in [0.25, 0.3) is 0 Å². The minimum Gasteiger partial charge on any atom is -0.463 e. The molecule has 0 aliphatic carbocycles. The molecule has 3 aromatic heterocycles. The van der Waals surface area contributed by atoms with Crippen molar-refractivity contribution in [3.63, 3.8) is 0 Å². The minimum atomic E-state index is -0.304. The normalized spacial score (nSPS) is 12.4. The van der Waals surface area contributed by atoms with Crippen molar-refractivity contribution in [2.75, 3.05) is 0 Å². The van der Waals surface area contributed by atoms with E-state index in [0.29, 0.717) is 22.0 Å². The lowest BCUT2D eigenvalue weighted by atomic mass is 10.2. The number of aromatic nitrogens is 1. The van der Waals surface area contributed by atoms with Gasteiger partial charge in [-0.3, -0.25) is 0 Å². The summed E-state index contributed by atoms with van der Waals surface area (Å²) in [5.74, 6) is 0.994. The van der Waals surface area contributed by atoms with Crippen LogP contribution in [-0.2, 0) is 0 Å². The molecule has 29 heavy (non-hydrogen) atoms. The van der Waals surface area contributed by atoms with Crippen LogP contribution in [0.5, 0.6) is 0 Å². The lowest BCUT2D eigenvalue weighted by Gasteiger charge is -2.00. The van der Waals surface area contributed by atoms with E-state index in [2.05, 4.69) is 10.1 Å². The van der Waals surface area contributed by atoms with Gasteiger partial charge >= 0.3 is 0 Å². The molecule has 0 saturated carbocycles. The van der Waals surface area contributed by atoms with Gasteiger partial charge in [0, 0.05) is 10.8 Å². The second-order valence-electron chi connectivity index (χ2n) is 6.21. The van der Waals surface area contributed by atoms with Crippen LogP contribution in [0.25, 0.3) is 22.4 Å². The average molecular weight is 403 g/mol. The molecule has 0 aliphatic heterocycles. The first kappa shape index (κ1) is 17.4. The summed E-state index contributed by atoms with van der Waals surface area (Å²) >= 11 is 1.42. The zero-order valence-corrected chi connectivity index (χ0v) is 15.8. The van der Waals surface area contributed by atoms with Gasteiger partial charge < -0.3 is 8.83 Å². The summed E-state index contributed by atoms with van der Waals surface area (Å²) in [6.45, 7) is 0. The molecule has 7 heteroatoms. The highest BCUT2D eigenvalue weighted by Crippen LogP contribution is 2.28. The number of nitrogens with zero attached hydrogens (tertiary/aromatic N) is 3. The van der Waals surface area contributed by atoms with Crippen LogP contribution >= 0.6 is 11.3 Å². The Kier molecular flexibility index (Phi) is 4.42. The Morgan fingerprint density at radius 2 is 1.86 bits per heavy atom. The fourth-order valence-electron chi connectivity index (χ4n) is 2.87. The van der Waals surface area contributed by atoms with E-state index in [-0.39, 0.29) is 5.82 Å². The van der Waals surface area contributed by atoms with Crippen molar-refractivity contribution in [3.8, 4) is 11.5 Å². The minimum absolute atomic E-state index is 0.304. The summed E-state index contributed by atoms with van der Waals surface area (Å²) < 4.78 is 26.3. The fourth-order valence-corrected chi connectivity index (χ4v) is 3.71. The number of hydrogen-bond donors (Lipinski definition) is 0. The smallest absolute Gasteiger partial charge is 0.211 e. The van der Waals surface area contributed by atoms with Crippen molar-refractivity contribution in [1.29, 1.82) is 0 Å². The van der Waals surface area contributed by atoms with E-state index < -0.39 is 0 Å². The number of benzene rings is 2. The van der Waals surface area contributed by atoms with E-state index in [1.54, 1.807) is 35.4 Å². The summed E-state index contributed by atoms with van der Waals surface area (Å²) in [6, 6.07) is 19.4. The molecule has 0 bridgehead atoms. The lowest BCUT2D eigenvalue weighted by molar-refractivity contribution is 0.559. The first-order valence-corrected chi connectivity index (χ1v) is 9.72. The molecule has 0 aliphatic rings. The summed E-state index contributed by atoms with van der Waals surface area (Å²) in [4.78, 5) is 5.23. The van der Waals surface area contributed by atoms with Gasteiger partial charge in [-0.05, 0) is 48.5 Å². The van der Waals surface area contributed by atoms with Gasteiger partial charge in [-0.25, -0.2) is 14.1 Å². The molecule has 0 fully saturated rings. The molecule has 0 atom stereocenters. The van der Waals surface area contributed by atoms with Crippen molar-refractivity contribution < 1.29 is 13.2 Å². The van der Waals surface area contributed by atoms with E-state index in [4.69, 9.17) is 8.83 Å². The van der Waals surface area contributed by atoms with Crippen molar-refractivity contribution in [2.45, 2.75) is 0 Å². The molecule has 5 rings (SSSR count). The number of hydrogen-bond acceptors (Lipinski definition) is 5. The molecule has 0 N–H and O–H groups in total. The molecule has 5 nitrogen and oxygen atoms in total. The Morgan fingerprint density at radius 3 is 2.66 bits per heavy atom. The summed E-state index contributed by atoms with van der Waals surface area (Å²) in [5, 5.41) is 7.49. The molecule has 0 unspecified atom stereocenters. The predicted octanol–water partition coefficient (Wildman–Crippen LogP) is 5.81. The molecule has 0 amide bonds. The van der Waals surface area contributed by atoms with Crippen LogP contribution in [0, 0.1) is 5.82 Å². The van der Waals surface area contributed by atoms with Gasteiger partial charge in [0.05, 0.1) is 18.2 Å². The second kappa shape index (κ2) is 7.37. The summed E-state index contributed by atoms with van der Waals surface area (Å²) in [6.07, 6.45) is 3.20. The SMILES string of the molecule is Fc1ccc(N=c2scc(-c3cc4ccccc4o3)n2N=Cc2ccco2)cc1. The van der Waals surface area contributed by atoms with Gasteiger partial charge in [-0.1, -0.05) is 18.2 Å². The van der Waals surface area contributed by atoms with Gasteiger partial charge in [-0.2, -0.15) is 5.10 Å². The fraction of sp³-hybridized carbons (Fsp3) is 0. The van der Waals surface area contributed by atoms with Crippen molar-refractivity contribution >= 4 is 34.2 Å². The Hall–Kier alpha value is -3.71. The van der Waals surface area contributed by atoms with Gasteiger partial charge in [0.2, 0.25) is 4.80 Å². The highest BCUT2D eigenvalue weighted by Gasteiger charge is 2.13. The quantitative estimate of drug-likeness (QED) is 0.356. The van der Waals surface area contributed by atoms with E-state index in [0.717, 1.165) is 16.7 Å². The van der Waals surface area contributed by atoms with E-state index in [1.807, 2.05) is 41.8 Å². The Labute approximate surface area is 168 Å². The molecular weight excluding hydrogens is 389 g/mol. The van der Waals surface area contributed by atoms with Gasteiger partial charge in [0.15, 0.2) is 5.76 Å². The van der Waals surface area contributed by atoms with Crippen LogP contribution in [0.1, 0.15) is 5.76 Å². The Morgan fingerprint density at radius 1 is 1.00 bits per heavy atom. The zero-order chi connectivity index (χ0) is 19.6. The Bertz CT molecular complexity index is 1330. The zero-order valence-electron chi connectivity index (χ0n) is 15.0. The van der Waals surface area contributed by atoms with E-state index >= 15 is 0 Å². The van der Waals surface area contributed by atoms with Crippen LogP contribution in [0.2, 0.25) is 0 Å². The maximum Gasteiger partial charge on any atom is 0.211 e. The van der Waals surface area contributed by atoms with Crippen LogP contribution in [0.4, 0.5) is 10.1 Å². The molecule has 3 heterocycles. The third kappa shape index (κ3) is 3.55. The lowest BCUT2D eigenvalue weighted by Crippen LogP contribution is -2.11. The van der Waals surface area contributed by atoms with Crippen LogP contribution < -0.4 is 4.80 Å². The van der Waals surface area contributed by atoms with Crippen molar-refractivity contribution in [2.24, 2.45) is 10.1 Å². The number of halogens is 1. The molecule has 0 spiro atoms. The standard InChI is InChI=1S/C22H14FN3O2S/c23-16-7-9-17(10-8-16)25-22-26(24-13-18-5-3-11-27-18)19(14-29-22)21-12-15-4-1-2-6-20(15)28-21/h1-14H. The summed E-state index contributed by atoms with van der Waals surface area (Å²) in [5.41, 5.74) is 2.19. The van der Waals surface area contributed by atoms with Gasteiger partial charge in [-0.15, -0.1) is 11.3 Å². The number of fused-ring (bicyclic) bond motifs is 1. The van der Waals surface area contributed by atoms with Crippen LogP contribution in [0.3, 0.4) is 0 Å². The topological polar surface area (TPSA) is 55.9 Å². The van der Waals surface area contributed by atoms with Crippen molar-refractivity contribution in [1.82, 2.24) is 4.68 Å². The number of furan rings is 2. The molecule has 0 saturated heterocycles. The molecule has 2 aromatic carbocycles. The molecule has 0 radical (unpaired) electrons. The Balaban J connectivity index is 1.66. The predicted molar refractivity (Wildman–Crippen MR) is 111 cm³/mol. The largest absolute Gasteiger partial charge is 0.463 e. The summed E-state index contributed by atoms with van der Waals surface area (Å²) in [7, 11) is 0. The third-order valence-electron chi connectivity index (χ3n) is 4.26. The number of rotatable bonds is 4. The second-order valence-corrected chi connectivity index (χ2v) is 7.05. The molecular formula is C22H14FN3O2S. The first-order chi connectivity index (χ1) is 14.3. The molecule has 142 valence electrons. The first-order valence-electron chi connectivity index (χ1n) is 8.84. The maximum atomic E-state index is 13.2. The van der Waals surface area contributed by atoms with Gasteiger partial charge in [0.1, 0.15) is 22.9 Å². The average Bonchev–Trinajstić information content (AvgIpc) is 3.47. The maximum absolute atomic E-state index is 13.2. The number of para-hydroxylation sites is 1. The van der Waals surface area contributed by atoms with E-state index in [9.17, 15) is 4.39 Å². The highest BCUT2D eigenvalue weighted by molar-refractivity contribution is 7.07. The third-order valence-corrected chi connectivity index (χ3v) is 5.07. The van der Waals surface area contributed by atoms with E-state index in [1.165, 1.54) is 23.5 Å². The molecule has 5 aromatic rings. The van der Waals surface area contributed by atoms with Crippen molar-refractivity contribution in [3.05, 3.63) is 94.8 Å².